The minimum atomic E-state index is 0. The minimum Gasteiger partial charge on any atom is -0.494 e. The molecule has 1 N–H and O–H groups in total. The van der Waals surface area contributed by atoms with E-state index in [1.165, 1.54) is 32.2 Å². The van der Waals surface area contributed by atoms with Crippen LogP contribution in [0.5, 0.6) is 5.75 Å². The normalized spacial score (nSPS) is 18.6. The molecule has 5 heteroatoms. The van der Waals surface area contributed by atoms with Gasteiger partial charge in [0.25, 0.3) is 0 Å². The molecular formula is C20H31ClN2O2. The molecule has 0 bridgehead atoms. The van der Waals surface area contributed by atoms with Gasteiger partial charge in [-0.3, -0.25) is 9.69 Å². The number of likely N-dealkylation sites (tertiary alicyclic amines) is 1. The predicted molar refractivity (Wildman–Crippen MR) is 104 cm³/mol. The van der Waals surface area contributed by atoms with E-state index in [2.05, 4.69) is 10.2 Å². The number of Topliss-reactive ketones (excluding diaryl/α,β-unsaturated/α-hetero) is 1. The maximum absolute atomic E-state index is 11.7. The van der Waals surface area contributed by atoms with Gasteiger partial charge in [-0.1, -0.05) is 0 Å². The third-order valence-electron chi connectivity index (χ3n) is 5.14. The van der Waals surface area contributed by atoms with E-state index in [4.69, 9.17) is 4.74 Å². The molecule has 0 radical (unpaired) electrons. The second-order valence-electron chi connectivity index (χ2n) is 7.21. The SMILES string of the molecule is CCOc1ccc(C(C)=O)cc1CN1CCC(NCC2CC2)CC1.Cl. The minimum absolute atomic E-state index is 0. The molecular weight excluding hydrogens is 336 g/mol. The average molecular weight is 367 g/mol. The zero-order valence-electron chi connectivity index (χ0n) is 15.4. The lowest BCUT2D eigenvalue weighted by Gasteiger charge is -2.33. The van der Waals surface area contributed by atoms with Gasteiger partial charge in [0.2, 0.25) is 0 Å². The second-order valence-corrected chi connectivity index (χ2v) is 7.21. The molecule has 1 aromatic rings. The number of carbonyl (C=O) groups is 1. The van der Waals surface area contributed by atoms with E-state index in [0.717, 1.165) is 42.4 Å². The lowest BCUT2D eigenvalue weighted by atomic mass is 10.0. The number of nitrogens with one attached hydrogen (secondary N) is 1. The Morgan fingerprint density at radius 2 is 1.96 bits per heavy atom. The van der Waals surface area contributed by atoms with E-state index in [0.29, 0.717) is 12.6 Å². The van der Waals surface area contributed by atoms with Crippen LogP contribution in [0, 0.1) is 5.92 Å². The molecule has 1 saturated heterocycles. The molecule has 2 aliphatic rings. The maximum atomic E-state index is 11.7. The largest absolute Gasteiger partial charge is 0.494 e. The number of ether oxygens (including phenoxy) is 1. The molecule has 0 unspecified atom stereocenters. The zero-order valence-corrected chi connectivity index (χ0v) is 16.2. The number of rotatable bonds is 8. The standard InChI is InChI=1S/C20H30N2O2.ClH/c1-3-24-20-7-6-17(15(2)23)12-18(20)14-22-10-8-19(9-11-22)21-13-16-4-5-16;/h6-7,12,16,19,21H,3-5,8-11,13-14H2,1-2H3;1H. The van der Waals surface area contributed by atoms with Gasteiger partial charge in [-0.05, 0) is 83.3 Å². The number of nitrogens with zero attached hydrogens (tertiary/aromatic N) is 1. The van der Waals surface area contributed by atoms with E-state index in [1.54, 1.807) is 6.92 Å². The first-order chi connectivity index (χ1) is 11.7. The number of halogens is 1. The van der Waals surface area contributed by atoms with Gasteiger partial charge in [0.15, 0.2) is 5.78 Å². The zero-order chi connectivity index (χ0) is 16.9. The highest BCUT2D eigenvalue weighted by molar-refractivity contribution is 5.94. The molecule has 0 atom stereocenters. The van der Waals surface area contributed by atoms with Gasteiger partial charge in [0.05, 0.1) is 6.61 Å². The summed E-state index contributed by atoms with van der Waals surface area (Å²) in [6.45, 7) is 8.57. The van der Waals surface area contributed by atoms with Crippen molar-refractivity contribution in [2.24, 2.45) is 5.92 Å². The Morgan fingerprint density at radius 1 is 1.24 bits per heavy atom. The fraction of sp³-hybridized carbons (Fsp3) is 0.650. The van der Waals surface area contributed by atoms with Crippen LogP contribution in [-0.2, 0) is 6.54 Å². The maximum Gasteiger partial charge on any atom is 0.159 e. The van der Waals surface area contributed by atoms with Crippen LogP contribution in [0.25, 0.3) is 0 Å². The van der Waals surface area contributed by atoms with Crippen LogP contribution in [-0.4, -0.2) is 43.0 Å². The summed E-state index contributed by atoms with van der Waals surface area (Å²) in [5, 5.41) is 3.73. The van der Waals surface area contributed by atoms with Crippen molar-refractivity contribution >= 4 is 18.2 Å². The summed E-state index contributed by atoms with van der Waals surface area (Å²) in [4.78, 5) is 14.2. The summed E-state index contributed by atoms with van der Waals surface area (Å²) in [7, 11) is 0. The molecule has 1 aliphatic heterocycles. The third kappa shape index (κ3) is 5.98. The average Bonchev–Trinajstić information content (AvgIpc) is 3.40. The van der Waals surface area contributed by atoms with Crippen LogP contribution in [0.4, 0.5) is 0 Å². The Balaban J connectivity index is 0.00000225. The summed E-state index contributed by atoms with van der Waals surface area (Å²) >= 11 is 0. The number of hydrogen-bond donors (Lipinski definition) is 1. The molecule has 3 rings (SSSR count). The smallest absolute Gasteiger partial charge is 0.159 e. The van der Waals surface area contributed by atoms with Crippen LogP contribution < -0.4 is 10.1 Å². The molecule has 140 valence electrons. The van der Waals surface area contributed by atoms with Crippen LogP contribution in [0.15, 0.2) is 18.2 Å². The summed E-state index contributed by atoms with van der Waals surface area (Å²) in [6.07, 6.45) is 5.25. The van der Waals surface area contributed by atoms with Gasteiger partial charge >= 0.3 is 0 Å². The van der Waals surface area contributed by atoms with Crippen molar-refractivity contribution in [3.8, 4) is 5.75 Å². The first-order valence-electron chi connectivity index (χ1n) is 9.38. The lowest BCUT2D eigenvalue weighted by Crippen LogP contribution is -2.42. The Kier molecular flexibility index (Phi) is 7.73. The van der Waals surface area contributed by atoms with Crippen molar-refractivity contribution in [1.82, 2.24) is 10.2 Å². The fourth-order valence-electron chi connectivity index (χ4n) is 3.41. The third-order valence-corrected chi connectivity index (χ3v) is 5.14. The molecule has 1 heterocycles. The Hall–Kier alpha value is -1.10. The van der Waals surface area contributed by atoms with Crippen LogP contribution in [0.3, 0.4) is 0 Å². The monoisotopic (exact) mass is 366 g/mol. The molecule has 1 aromatic carbocycles. The molecule has 1 saturated carbocycles. The van der Waals surface area contributed by atoms with Crippen molar-refractivity contribution in [1.29, 1.82) is 0 Å². The number of piperidine rings is 1. The molecule has 2 fully saturated rings. The van der Waals surface area contributed by atoms with Crippen LogP contribution in [0.2, 0.25) is 0 Å². The number of carbonyl (C=O) groups excluding carboxylic acids is 1. The number of hydrogen-bond acceptors (Lipinski definition) is 4. The van der Waals surface area contributed by atoms with Gasteiger partial charge in [-0.2, -0.15) is 0 Å². The first-order valence-corrected chi connectivity index (χ1v) is 9.38. The molecule has 0 amide bonds. The molecule has 0 aromatic heterocycles. The van der Waals surface area contributed by atoms with Crippen molar-refractivity contribution < 1.29 is 9.53 Å². The summed E-state index contributed by atoms with van der Waals surface area (Å²) < 4.78 is 5.76. The predicted octanol–water partition coefficient (Wildman–Crippen LogP) is 3.67. The summed E-state index contributed by atoms with van der Waals surface area (Å²) in [5.74, 6) is 1.98. The summed E-state index contributed by atoms with van der Waals surface area (Å²) in [5.41, 5.74) is 1.91. The van der Waals surface area contributed by atoms with Gasteiger partial charge in [-0.15, -0.1) is 12.4 Å². The highest BCUT2D eigenvalue weighted by atomic mass is 35.5. The van der Waals surface area contributed by atoms with Crippen LogP contribution >= 0.6 is 12.4 Å². The van der Waals surface area contributed by atoms with E-state index in [1.807, 2.05) is 25.1 Å². The van der Waals surface area contributed by atoms with Crippen molar-refractivity contribution in [2.45, 2.75) is 52.1 Å². The van der Waals surface area contributed by atoms with Crippen molar-refractivity contribution in [3.63, 3.8) is 0 Å². The van der Waals surface area contributed by atoms with E-state index >= 15 is 0 Å². The number of ketones is 1. The highest BCUT2D eigenvalue weighted by Crippen LogP contribution is 2.28. The lowest BCUT2D eigenvalue weighted by molar-refractivity contribution is 0.101. The first kappa shape index (κ1) is 20.2. The van der Waals surface area contributed by atoms with Crippen LogP contribution in [0.1, 0.15) is 55.5 Å². The molecule has 0 spiro atoms. The van der Waals surface area contributed by atoms with E-state index in [-0.39, 0.29) is 18.2 Å². The molecule has 1 aliphatic carbocycles. The Bertz CT molecular complexity index is 567. The van der Waals surface area contributed by atoms with Gasteiger partial charge in [-0.25, -0.2) is 0 Å². The van der Waals surface area contributed by atoms with E-state index < -0.39 is 0 Å². The van der Waals surface area contributed by atoms with Gasteiger partial charge < -0.3 is 10.1 Å². The molecule has 4 nitrogen and oxygen atoms in total. The van der Waals surface area contributed by atoms with E-state index in [9.17, 15) is 4.79 Å². The second kappa shape index (κ2) is 9.56. The summed E-state index contributed by atoms with van der Waals surface area (Å²) in [6, 6.07) is 6.49. The van der Waals surface area contributed by atoms with Gasteiger partial charge in [0, 0.05) is 23.7 Å². The number of benzene rings is 1. The van der Waals surface area contributed by atoms with Crippen molar-refractivity contribution in [2.75, 3.05) is 26.2 Å². The molecule has 25 heavy (non-hydrogen) atoms. The van der Waals surface area contributed by atoms with Gasteiger partial charge in [0.1, 0.15) is 5.75 Å². The quantitative estimate of drug-likeness (QED) is 0.713. The fourth-order valence-corrected chi connectivity index (χ4v) is 3.41. The van der Waals surface area contributed by atoms with Crippen molar-refractivity contribution in [3.05, 3.63) is 29.3 Å². The Morgan fingerprint density at radius 3 is 2.56 bits per heavy atom. The Labute approximate surface area is 157 Å². The highest BCUT2D eigenvalue weighted by Gasteiger charge is 2.24. The topological polar surface area (TPSA) is 41.6 Å².